The van der Waals surface area contributed by atoms with E-state index in [4.69, 9.17) is 4.55 Å². The molecule has 4 atom stereocenters. The van der Waals surface area contributed by atoms with E-state index in [0.29, 0.717) is 23.5 Å². The molecule has 162 valence electrons. The minimum Gasteiger partial charge on any atom is -0.370 e. The van der Waals surface area contributed by atoms with Gasteiger partial charge < -0.3 is 15.2 Å². The van der Waals surface area contributed by atoms with Gasteiger partial charge in [0, 0.05) is 5.92 Å². The Bertz CT molecular complexity index is 951. The van der Waals surface area contributed by atoms with Crippen LogP contribution in [-0.2, 0) is 22.1 Å². The van der Waals surface area contributed by atoms with Crippen LogP contribution in [0.4, 0.5) is 18.9 Å². The Hall–Kier alpha value is -2.46. The van der Waals surface area contributed by atoms with Gasteiger partial charge in [-0.3, -0.25) is 9.78 Å². The molecule has 1 heterocycles. The first-order chi connectivity index (χ1) is 14.1. The first kappa shape index (κ1) is 22.2. The van der Waals surface area contributed by atoms with Crippen molar-refractivity contribution in [2.45, 2.75) is 38.4 Å². The van der Waals surface area contributed by atoms with Crippen LogP contribution in [0, 0.1) is 12.8 Å². The third kappa shape index (κ3) is 5.37. The molecule has 0 saturated heterocycles. The summed E-state index contributed by atoms with van der Waals surface area (Å²) in [5.74, 6) is -0.628. The van der Waals surface area contributed by atoms with Crippen molar-refractivity contribution in [3.8, 4) is 0 Å². The average Bonchev–Trinajstić information content (AvgIpc) is 3.47. The fourth-order valence-corrected chi connectivity index (χ4v) is 3.59. The number of hydrogen-bond donors (Lipinski definition) is 3. The number of pyridine rings is 1. The van der Waals surface area contributed by atoms with Gasteiger partial charge in [-0.15, -0.1) is 0 Å². The summed E-state index contributed by atoms with van der Waals surface area (Å²) in [6, 6.07) is 8.04. The number of nitrogens with zero attached hydrogens (tertiary/aromatic N) is 1. The number of nitrogens with one attached hydrogen (secondary N) is 2. The lowest BCUT2D eigenvalue weighted by atomic mass is 10.1. The molecule has 1 fully saturated rings. The Kier molecular flexibility index (Phi) is 6.47. The number of benzene rings is 1. The molecular formula is C20H22F3N3O3S. The molecule has 3 N–H and O–H groups in total. The second-order valence-electron chi connectivity index (χ2n) is 7.31. The maximum atomic E-state index is 12.7. The van der Waals surface area contributed by atoms with Crippen molar-refractivity contribution in [1.82, 2.24) is 10.3 Å². The Morgan fingerprint density at radius 1 is 1.27 bits per heavy atom. The van der Waals surface area contributed by atoms with Gasteiger partial charge in [-0.1, -0.05) is 12.1 Å². The van der Waals surface area contributed by atoms with E-state index in [1.165, 1.54) is 12.1 Å². The summed E-state index contributed by atoms with van der Waals surface area (Å²) < 4.78 is 57.7. The van der Waals surface area contributed by atoms with Gasteiger partial charge in [0.2, 0.25) is 5.91 Å². The fourth-order valence-electron chi connectivity index (χ4n) is 3.31. The lowest BCUT2D eigenvalue weighted by Gasteiger charge is -2.16. The molecule has 1 aromatic heterocycles. The zero-order chi connectivity index (χ0) is 22.1. The normalized spacial score (nSPS) is 20.3. The third-order valence-electron chi connectivity index (χ3n) is 5.09. The van der Waals surface area contributed by atoms with Crippen LogP contribution in [0.3, 0.4) is 0 Å². The van der Waals surface area contributed by atoms with Crippen LogP contribution in [0.1, 0.15) is 47.8 Å². The molecule has 1 amide bonds. The molecule has 30 heavy (non-hydrogen) atoms. The largest absolute Gasteiger partial charge is 0.416 e. The van der Waals surface area contributed by atoms with Crippen LogP contribution in [0.15, 0.2) is 36.4 Å². The molecule has 1 aliphatic carbocycles. The number of carbonyl (C=O) groups is 1. The highest BCUT2D eigenvalue weighted by atomic mass is 32.2. The Labute approximate surface area is 174 Å². The van der Waals surface area contributed by atoms with Gasteiger partial charge in [-0.05, 0) is 56.0 Å². The minimum atomic E-state index is -4.38. The zero-order valence-electron chi connectivity index (χ0n) is 16.4. The third-order valence-corrected chi connectivity index (χ3v) is 5.48. The maximum Gasteiger partial charge on any atom is 0.416 e. The molecule has 0 radical (unpaired) electrons. The van der Waals surface area contributed by atoms with Gasteiger partial charge in [0.1, 0.15) is 5.88 Å². The Morgan fingerprint density at radius 3 is 2.50 bits per heavy atom. The molecular weight excluding hydrogens is 419 g/mol. The monoisotopic (exact) mass is 441 g/mol. The van der Waals surface area contributed by atoms with E-state index < -0.39 is 22.8 Å². The number of carbonyl (C=O) groups excluding carboxylic acids is 1. The van der Waals surface area contributed by atoms with Gasteiger partial charge in [-0.25, -0.2) is 4.21 Å². The highest BCUT2D eigenvalue weighted by Gasteiger charge is 2.44. The zero-order valence-corrected chi connectivity index (χ0v) is 17.2. The number of hydrogen-bond acceptors (Lipinski definition) is 4. The number of anilines is 1. The quantitative estimate of drug-likeness (QED) is 0.566. The van der Waals surface area contributed by atoms with Gasteiger partial charge in [-0.2, -0.15) is 13.2 Å². The number of halogens is 3. The SMILES string of the molecule is Cc1nc([C@@H](C)NC(=O)C2CC2c2ccc(C(F)(F)F)cc2)ccc1NCS(=O)O. The molecule has 2 aromatic rings. The van der Waals surface area contributed by atoms with E-state index >= 15 is 0 Å². The number of rotatable bonds is 7. The highest BCUT2D eigenvalue weighted by molar-refractivity contribution is 7.79. The average molecular weight is 441 g/mol. The van der Waals surface area contributed by atoms with Gasteiger partial charge in [0.05, 0.1) is 28.7 Å². The molecule has 1 aromatic carbocycles. The molecule has 6 nitrogen and oxygen atoms in total. The van der Waals surface area contributed by atoms with Crippen LogP contribution >= 0.6 is 0 Å². The predicted molar refractivity (Wildman–Crippen MR) is 107 cm³/mol. The van der Waals surface area contributed by atoms with Crippen LogP contribution in [0.25, 0.3) is 0 Å². The van der Waals surface area contributed by atoms with Crippen LogP contribution in [0.5, 0.6) is 0 Å². The van der Waals surface area contributed by atoms with Crippen molar-refractivity contribution in [3.05, 3.63) is 58.9 Å². The first-order valence-corrected chi connectivity index (χ1v) is 10.6. The summed E-state index contributed by atoms with van der Waals surface area (Å²) in [6.45, 7) is 3.55. The van der Waals surface area contributed by atoms with Crippen molar-refractivity contribution in [2.75, 3.05) is 11.2 Å². The molecule has 1 saturated carbocycles. The summed E-state index contributed by atoms with van der Waals surface area (Å²) in [7, 11) is 0. The van der Waals surface area contributed by atoms with E-state index in [0.717, 1.165) is 17.7 Å². The van der Waals surface area contributed by atoms with E-state index in [1.807, 2.05) is 0 Å². The molecule has 1 aliphatic rings. The molecule has 10 heteroatoms. The number of aryl methyl sites for hydroxylation is 1. The lowest BCUT2D eigenvalue weighted by molar-refractivity contribution is -0.137. The topological polar surface area (TPSA) is 91.3 Å². The summed E-state index contributed by atoms with van der Waals surface area (Å²) in [5.41, 5.74) is 1.92. The summed E-state index contributed by atoms with van der Waals surface area (Å²) in [5, 5.41) is 5.71. The fraction of sp³-hybridized carbons (Fsp3) is 0.400. The second-order valence-corrected chi connectivity index (χ2v) is 8.24. The minimum absolute atomic E-state index is 0.0832. The molecule has 3 rings (SSSR count). The summed E-state index contributed by atoms with van der Waals surface area (Å²) in [6.07, 6.45) is -3.78. The molecule has 3 unspecified atom stereocenters. The lowest BCUT2D eigenvalue weighted by Crippen LogP contribution is -2.29. The predicted octanol–water partition coefficient (Wildman–Crippen LogP) is 3.98. The van der Waals surface area contributed by atoms with Crippen molar-refractivity contribution in [3.63, 3.8) is 0 Å². The first-order valence-electron chi connectivity index (χ1n) is 9.32. The van der Waals surface area contributed by atoms with Crippen molar-refractivity contribution in [1.29, 1.82) is 0 Å². The van der Waals surface area contributed by atoms with Gasteiger partial charge in [0.15, 0.2) is 11.1 Å². The van der Waals surface area contributed by atoms with E-state index in [-0.39, 0.29) is 29.7 Å². The molecule has 0 bridgehead atoms. The van der Waals surface area contributed by atoms with Gasteiger partial charge >= 0.3 is 6.18 Å². The second kappa shape index (κ2) is 8.73. The van der Waals surface area contributed by atoms with Gasteiger partial charge in [0.25, 0.3) is 0 Å². The highest BCUT2D eigenvalue weighted by Crippen LogP contribution is 2.48. The number of alkyl halides is 3. The van der Waals surface area contributed by atoms with Crippen molar-refractivity contribution >= 4 is 22.7 Å². The molecule has 0 spiro atoms. The van der Waals surface area contributed by atoms with Crippen molar-refractivity contribution in [2.24, 2.45) is 5.92 Å². The summed E-state index contributed by atoms with van der Waals surface area (Å²) in [4.78, 5) is 17.0. The number of aromatic nitrogens is 1. The van der Waals surface area contributed by atoms with Crippen LogP contribution in [-0.4, -0.2) is 25.5 Å². The van der Waals surface area contributed by atoms with Crippen LogP contribution < -0.4 is 10.6 Å². The van der Waals surface area contributed by atoms with E-state index in [2.05, 4.69) is 15.6 Å². The standard InChI is InChI=1S/C20H22F3N3O3S/c1-11-17(24-10-30(28)29)7-8-18(25-11)12(2)26-19(27)16-9-15(16)13-3-5-14(6-4-13)20(21,22)23/h3-8,12,15-16,24H,9-10H2,1-2H3,(H,26,27)(H,28,29)/t12-,15?,16?/m1/s1. The summed E-state index contributed by atoms with van der Waals surface area (Å²) >= 11 is -1.97. The smallest absolute Gasteiger partial charge is 0.370 e. The van der Waals surface area contributed by atoms with E-state index in [9.17, 15) is 22.2 Å². The number of amides is 1. The Balaban J connectivity index is 1.57. The van der Waals surface area contributed by atoms with Crippen molar-refractivity contribution < 1.29 is 26.7 Å². The molecule has 0 aliphatic heterocycles. The van der Waals surface area contributed by atoms with Crippen LogP contribution in [0.2, 0.25) is 0 Å². The Morgan fingerprint density at radius 2 is 1.93 bits per heavy atom. The maximum absolute atomic E-state index is 12.7. The van der Waals surface area contributed by atoms with E-state index in [1.54, 1.807) is 26.0 Å².